The molecular weight excluding hydrogens is 485 g/mol. The van der Waals surface area contributed by atoms with E-state index in [1.807, 2.05) is 54.6 Å². The average molecular weight is 502 g/mol. The fraction of sp³-hybridized carbons (Fsp3) is 0.0870. The van der Waals surface area contributed by atoms with Crippen molar-refractivity contribution in [2.24, 2.45) is 5.10 Å². The molecule has 1 heterocycles. The summed E-state index contributed by atoms with van der Waals surface area (Å²) in [6, 6.07) is 20.6. The first-order valence-electron chi connectivity index (χ1n) is 9.54. The number of benzene rings is 3. The number of carbonyl (C=O) groups excluding carboxylic acids is 1. The summed E-state index contributed by atoms with van der Waals surface area (Å²) in [5.74, 6) is 0.641. The second-order valence-electron chi connectivity index (χ2n) is 6.59. The van der Waals surface area contributed by atoms with Crippen molar-refractivity contribution in [3.05, 3.63) is 87.9 Å². The van der Waals surface area contributed by atoms with Crippen molar-refractivity contribution in [2.45, 2.75) is 10.9 Å². The molecule has 0 spiro atoms. The first-order chi connectivity index (χ1) is 15.6. The lowest BCUT2D eigenvalue weighted by molar-refractivity contribution is -0.118. The van der Waals surface area contributed by atoms with Crippen LogP contribution in [0.5, 0.6) is 5.75 Å². The van der Waals surface area contributed by atoms with Crippen LogP contribution in [0, 0.1) is 0 Å². The maximum atomic E-state index is 12.2. The van der Waals surface area contributed by atoms with Gasteiger partial charge in [0, 0.05) is 21.2 Å². The van der Waals surface area contributed by atoms with Gasteiger partial charge in [0.25, 0.3) is 5.91 Å². The van der Waals surface area contributed by atoms with E-state index >= 15 is 0 Å². The normalized spacial score (nSPS) is 11.2. The van der Waals surface area contributed by atoms with Crippen molar-refractivity contribution in [3.8, 4) is 5.75 Å². The van der Waals surface area contributed by atoms with E-state index < -0.39 is 0 Å². The van der Waals surface area contributed by atoms with Gasteiger partial charge in [0.2, 0.25) is 0 Å². The van der Waals surface area contributed by atoms with Crippen LogP contribution in [0.1, 0.15) is 11.1 Å². The van der Waals surface area contributed by atoms with Crippen LogP contribution >= 0.6 is 46.3 Å². The Morgan fingerprint density at radius 1 is 1.12 bits per heavy atom. The molecule has 3 aromatic carbocycles. The minimum Gasteiger partial charge on any atom is -0.488 e. The van der Waals surface area contributed by atoms with Gasteiger partial charge < -0.3 is 4.74 Å². The van der Waals surface area contributed by atoms with Crippen molar-refractivity contribution in [3.63, 3.8) is 0 Å². The topological polar surface area (TPSA) is 63.6 Å². The lowest BCUT2D eigenvalue weighted by atomic mass is 10.2. The number of thiazole rings is 1. The summed E-state index contributed by atoms with van der Waals surface area (Å²) in [5.41, 5.74) is 5.04. The predicted octanol–water partition coefficient (Wildman–Crippen LogP) is 6.42. The first-order valence-corrected chi connectivity index (χ1v) is 12.1. The quantitative estimate of drug-likeness (QED) is 0.172. The van der Waals surface area contributed by atoms with Gasteiger partial charge in [-0.15, -0.1) is 11.3 Å². The Balaban J connectivity index is 1.31. The highest BCUT2D eigenvalue weighted by Crippen LogP contribution is 2.29. The zero-order valence-corrected chi connectivity index (χ0v) is 19.8. The average Bonchev–Trinajstić information content (AvgIpc) is 3.21. The second-order valence-corrected chi connectivity index (χ2v) is 9.69. The molecule has 0 aliphatic carbocycles. The van der Waals surface area contributed by atoms with E-state index in [0.717, 1.165) is 25.7 Å². The molecule has 0 saturated heterocycles. The summed E-state index contributed by atoms with van der Waals surface area (Å²) in [6.07, 6.45) is 1.55. The Kier molecular flexibility index (Phi) is 7.65. The largest absolute Gasteiger partial charge is 0.488 e. The molecule has 0 atom stereocenters. The second kappa shape index (κ2) is 10.8. The lowest BCUT2D eigenvalue weighted by Gasteiger charge is -2.10. The number of thioether (sulfide) groups is 1. The number of fused-ring (bicyclic) bond motifs is 1. The molecule has 32 heavy (non-hydrogen) atoms. The van der Waals surface area contributed by atoms with Gasteiger partial charge in [0.1, 0.15) is 12.4 Å². The smallest absolute Gasteiger partial charge is 0.250 e. The van der Waals surface area contributed by atoms with Crippen LogP contribution in [0.25, 0.3) is 10.2 Å². The van der Waals surface area contributed by atoms with Crippen molar-refractivity contribution in [2.75, 3.05) is 5.75 Å². The molecule has 5 nitrogen and oxygen atoms in total. The minimum atomic E-state index is -0.211. The molecule has 9 heteroatoms. The standard InChI is InChI=1S/C23H17Cl2N3O2S2/c24-17-10-9-16(18(25)11-17)13-30-20-7-3-1-5-15(20)12-26-28-22(29)14-31-23-27-19-6-2-4-8-21(19)32-23/h1-12H,13-14H2,(H,28,29)/b26-12+. The van der Waals surface area contributed by atoms with E-state index in [4.69, 9.17) is 27.9 Å². The van der Waals surface area contributed by atoms with Gasteiger partial charge in [0.05, 0.1) is 22.2 Å². The number of nitrogens with zero attached hydrogens (tertiary/aromatic N) is 2. The highest BCUT2D eigenvalue weighted by atomic mass is 35.5. The van der Waals surface area contributed by atoms with Crippen LogP contribution in [0.4, 0.5) is 0 Å². The Labute approximate surface area is 203 Å². The molecule has 0 bridgehead atoms. The maximum absolute atomic E-state index is 12.2. The summed E-state index contributed by atoms with van der Waals surface area (Å²) >= 11 is 15.1. The summed E-state index contributed by atoms with van der Waals surface area (Å²) in [4.78, 5) is 16.7. The number of hydrogen-bond donors (Lipinski definition) is 1. The molecular formula is C23H17Cl2N3O2S2. The molecule has 0 aliphatic heterocycles. The number of aromatic nitrogens is 1. The van der Waals surface area contributed by atoms with Gasteiger partial charge in [-0.05, 0) is 36.4 Å². The molecule has 0 unspecified atom stereocenters. The minimum absolute atomic E-state index is 0.211. The Morgan fingerprint density at radius 2 is 1.94 bits per heavy atom. The Bertz CT molecular complexity index is 1240. The number of nitrogens with one attached hydrogen (secondary N) is 1. The van der Waals surface area contributed by atoms with E-state index in [1.165, 1.54) is 11.8 Å². The molecule has 0 aliphatic rings. The highest BCUT2D eigenvalue weighted by Gasteiger charge is 2.08. The fourth-order valence-corrected chi connectivity index (χ4v) is 5.08. The van der Waals surface area contributed by atoms with Crippen molar-refractivity contribution >= 4 is 68.6 Å². The first kappa shape index (κ1) is 22.6. The number of ether oxygens (including phenoxy) is 1. The van der Waals surface area contributed by atoms with Gasteiger partial charge in [-0.2, -0.15) is 5.10 Å². The number of halogens is 2. The number of carbonyl (C=O) groups is 1. The highest BCUT2D eigenvalue weighted by molar-refractivity contribution is 8.01. The van der Waals surface area contributed by atoms with E-state index in [2.05, 4.69) is 15.5 Å². The number of hydrazone groups is 1. The summed E-state index contributed by atoms with van der Waals surface area (Å²) < 4.78 is 7.85. The van der Waals surface area contributed by atoms with Crippen LogP contribution < -0.4 is 10.2 Å². The van der Waals surface area contributed by atoms with Crippen LogP contribution in [0.15, 0.2) is 76.2 Å². The zero-order chi connectivity index (χ0) is 22.3. The van der Waals surface area contributed by atoms with Crippen LogP contribution in [0.3, 0.4) is 0 Å². The predicted molar refractivity (Wildman–Crippen MR) is 133 cm³/mol. The maximum Gasteiger partial charge on any atom is 0.250 e. The van der Waals surface area contributed by atoms with Gasteiger partial charge in [-0.25, -0.2) is 10.4 Å². The molecule has 1 N–H and O–H groups in total. The molecule has 4 rings (SSSR count). The third-order valence-corrected chi connectivity index (χ3v) is 7.08. The van der Waals surface area contributed by atoms with Gasteiger partial charge in [-0.1, -0.05) is 65.3 Å². The lowest BCUT2D eigenvalue weighted by Crippen LogP contribution is -2.19. The van der Waals surface area contributed by atoms with E-state index in [-0.39, 0.29) is 18.3 Å². The number of amides is 1. The summed E-state index contributed by atoms with van der Waals surface area (Å²) in [6.45, 7) is 0.284. The summed E-state index contributed by atoms with van der Waals surface area (Å²) in [7, 11) is 0. The molecule has 1 aromatic heterocycles. The van der Waals surface area contributed by atoms with Crippen LogP contribution in [-0.2, 0) is 11.4 Å². The Morgan fingerprint density at radius 3 is 2.78 bits per heavy atom. The van der Waals surface area contributed by atoms with E-state index in [1.54, 1.807) is 29.7 Å². The molecule has 162 valence electrons. The van der Waals surface area contributed by atoms with Crippen LogP contribution in [-0.4, -0.2) is 22.9 Å². The number of hydrogen-bond acceptors (Lipinski definition) is 6. The summed E-state index contributed by atoms with van der Waals surface area (Å²) in [5, 5.41) is 5.18. The van der Waals surface area contributed by atoms with Gasteiger partial charge in [0.15, 0.2) is 4.34 Å². The van der Waals surface area contributed by atoms with Gasteiger partial charge in [-0.3, -0.25) is 4.79 Å². The molecule has 1 amide bonds. The van der Waals surface area contributed by atoms with Crippen molar-refractivity contribution in [1.29, 1.82) is 0 Å². The van der Waals surface area contributed by atoms with Crippen molar-refractivity contribution in [1.82, 2.24) is 10.4 Å². The van der Waals surface area contributed by atoms with E-state index in [0.29, 0.717) is 15.8 Å². The molecule has 0 saturated carbocycles. The molecule has 4 aromatic rings. The zero-order valence-electron chi connectivity index (χ0n) is 16.6. The monoisotopic (exact) mass is 501 g/mol. The number of rotatable bonds is 8. The SMILES string of the molecule is O=C(CSc1nc2ccccc2s1)N/N=C/c1ccccc1OCc1ccc(Cl)cc1Cl. The Hall–Kier alpha value is -2.58. The third-order valence-electron chi connectivity index (χ3n) is 4.31. The molecule has 0 radical (unpaired) electrons. The van der Waals surface area contributed by atoms with Crippen molar-refractivity contribution < 1.29 is 9.53 Å². The van der Waals surface area contributed by atoms with Gasteiger partial charge >= 0.3 is 0 Å². The van der Waals surface area contributed by atoms with Crippen LogP contribution in [0.2, 0.25) is 10.0 Å². The fourth-order valence-electron chi connectivity index (χ4n) is 2.76. The van der Waals surface area contributed by atoms with E-state index in [9.17, 15) is 4.79 Å². The third kappa shape index (κ3) is 6.01. The number of para-hydroxylation sites is 2. The molecule has 0 fully saturated rings.